The summed E-state index contributed by atoms with van der Waals surface area (Å²) in [5.74, 6) is 0.743. The Morgan fingerprint density at radius 2 is 1.55 bits per heavy atom. The van der Waals surface area contributed by atoms with Gasteiger partial charge < -0.3 is 15.0 Å². The molecule has 0 unspecified atom stereocenters. The van der Waals surface area contributed by atoms with Gasteiger partial charge in [-0.1, -0.05) is 29.8 Å². The predicted octanol–water partition coefficient (Wildman–Crippen LogP) is 5.12. The molecule has 4 rings (SSSR count). The van der Waals surface area contributed by atoms with Gasteiger partial charge in [-0.25, -0.2) is 0 Å². The normalized spacial score (nSPS) is 16.0. The number of nitrogens with one attached hydrogen (secondary N) is 1. The van der Waals surface area contributed by atoms with E-state index >= 15 is 0 Å². The molecule has 1 heterocycles. The van der Waals surface area contributed by atoms with Crippen LogP contribution in [0.15, 0.2) is 78.9 Å². The number of carbonyl (C=O) groups excluding carboxylic acids is 2. The first-order valence-corrected chi connectivity index (χ1v) is 9.66. The molecule has 0 saturated carbocycles. The van der Waals surface area contributed by atoms with E-state index < -0.39 is 0 Å². The van der Waals surface area contributed by atoms with Gasteiger partial charge in [0, 0.05) is 29.4 Å². The second-order valence-corrected chi connectivity index (χ2v) is 7.25. The summed E-state index contributed by atoms with van der Waals surface area (Å²) < 4.78 is 5.75. The molecule has 3 aromatic rings. The van der Waals surface area contributed by atoms with Crippen LogP contribution in [0.2, 0.25) is 5.02 Å². The summed E-state index contributed by atoms with van der Waals surface area (Å²) in [7, 11) is 0. The van der Waals surface area contributed by atoms with E-state index in [-0.39, 0.29) is 24.2 Å². The molecule has 1 aliphatic heterocycles. The van der Waals surface area contributed by atoms with Crippen LogP contribution in [-0.4, -0.2) is 18.4 Å². The second kappa shape index (κ2) is 8.37. The first-order chi connectivity index (χ1) is 14.1. The number of nitrogens with zero attached hydrogens (tertiary/aromatic N) is 1. The van der Waals surface area contributed by atoms with Gasteiger partial charge in [0.2, 0.25) is 11.8 Å². The SMILES string of the molecule is O=C(Nc1ccc(Oc2ccc(Cl)cc2)cc1)[C@@H]1CC(=O)N(c2ccccc2)C1. The van der Waals surface area contributed by atoms with Crippen molar-refractivity contribution in [2.24, 2.45) is 5.92 Å². The van der Waals surface area contributed by atoms with Crippen LogP contribution in [0.3, 0.4) is 0 Å². The van der Waals surface area contributed by atoms with E-state index in [0.29, 0.717) is 28.8 Å². The summed E-state index contributed by atoms with van der Waals surface area (Å²) >= 11 is 5.87. The maximum atomic E-state index is 12.6. The molecule has 0 aromatic heterocycles. The van der Waals surface area contributed by atoms with Crippen molar-refractivity contribution in [2.75, 3.05) is 16.8 Å². The highest BCUT2D eigenvalue weighted by atomic mass is 35.5. The highest BCUT2D eigenvalue weighted by Gasteiger charge is 2.35. The molecule has 6 heteroatoms. The lowest BCUT2D eigenvalue weighted by atomic mass is 10.1. The summed E-state index contributed by atoms with van der Waals surface area (Å²) in [6, 6.07) is 23.6. The minimum Gasteiger partial charge on any atom is -0.457 e. The van der Waals surface area contributed by atoms with E-state index in [9.17, 15) is 9.59 Å². The number of amides is 2. The van der Waals surface area contributed by atoms with Crippen molar-refractivity contribution in [2.45, 2.75) is 6.42 Å². The third-order valence-corrected chi connectivity index (χ3v) is 4.99. The third-order valence-electron chi connectivity index (χ3n) is 4.73. The van der Waals surface area contributed by atoms with Crippen molar-refractivity contribution in [3.63, 3.8) is 0 Å². The largest absolute Gasteiger partial charge is 0.457 e. The first kappa shape index (κ1) is 19.0. The van der Waals surface area contributed by atoms with Crippen molar-refractivity contribution in [1.29, 1.82) is 0 Å². The second-order valence-electron chi connectivity index (χ2n) is 6.81. The van der Waals surface area contributed by atoms with Crippen LogP contribution >= 0.6 is 11.6 Å². The van der Waals surface area contributed by atoms with Crippen molar-refractivity contribution in [1.82, 2.24) is 0 Å². The molecule has 0 aliphatic carbocycles. The van der Waals surface area contributed by atoms with Crippen molar-refractivity contribution >= 4 is 34.8 Å². The maximum absolute atomic E-state index is 12.6. The van der Waals surface area contributed by atoms with Crippen LogP contribution < -0.4 is 15.0 Å². The molecule has 146 valence electrons. The van der Waals surface area contributed by atoms with Crippen LogP contribution in [0.4, 0.5) is 11.4 Å². The smallest absolute Gasteiger partial charge is 0.229 e. The Hall–Kier alpha value is -3.31. The van der Waals surface area contributed by atoms with Gasteiger partial charge in [0.1, 0.15) is 11.5 Å². The zero-order valence-electron chi connectivity index (χ0n) is 15.5. The van der Waals surface area contributed by atoms with E-state index in [1.54, 1.807) is 53.4 Å². The number of rotatable bonds is 5. The van der Waals surface area contributed by atoms with Crippen LogP contribution in [-0.2, 0) is 9.59 Å². The minimum absolute atomic E-state index is 0.0388. The van der Waals surface area contributed by atoms with E-state index in [0.717, 1.165) is 5.69 Å². The molecule has 1 aliphatic rings. The Kier molecular flexibility index (Phi) is 5.49. The van der Waals surface area contributed by atoms with Gasteiger partial charge in [0.25, 0.3) is 0 Å². The third kappa shape index (κ3) is 4.58. The zero-order chi connectivity index (χ0) is 20.2. The average Bonchev–Trinajstić information content (AvgIpc) is 3.14. The molecular weight excluding hydrogens is 388 g/mol. The topological polar surface area (TPSA) is 58.6 Å². The molecule has 1 atom stereocenters. The highest BCUT2D eigenvalue weighted by Crippen LogP contribution is 2.27. The lowest BCUT2D eigenvalue weighted by Crippen LogP contribution is -2.28. The Morgan fingerprint density at radius 1 is 0.931 bits per heavy atom. The summed E-state index contributed by atoms with van der Waals surface area (Å²) in [5, 5.41) is 3.53. The van der Waals surface area contributed by atoms with Crippen LogP contribution in [0.5, 0.6) is 11.5 Å². The molecule has 1 fully saturated rings. The van der Waals surface area contributed by atoms with Gasteiger partial charge in [0.15, 0.2) is 0 Å². The van der Waals surface area contributed by atoms with E-state index in [1.807, 2.05) is 30.3 Å². The number of benzene rings is 3. The summed E-state index contributed by atoms with van der Waals surface area (Å²) in [5.41, 5.74) is 1.47. The monoisotopic (exact) mass is 406 g/mol. The zero-order valence-corrected chi connectivity index (χ0v) is 16.3. The van der Waals surface area contributed by atoms with Crippen LogP contribution in [0, 0.1) is 5.92 Å². The minimum atomic E-state index is -0.382. The van der Waals surface area contributed by atoms with E-state index in [4.69, 9.17) is 16.3 Å². The molecular formula is C23H19ClN2O3. The number of anilines is 2. The molecule has 0 spiro atoms. The molecule has 3 aromatic carbocycles. The average molecular weight is 407 g/mol. The summed E-state index contributed by atoms with van der Waals surface area (Å²) in [6.45, 7) is 0.381. The molecule has 1 N–H and O–H groups in total. The number of halogens is 1. The highest BCUT2D eigenvalue weighted by molar-refractivity contribution is 6.30. The Bertz CT molecular complexity index is 1000. The van der Waals surface area contributed by atoms with E-state index in [1.165, 1.54) is 0 Å². The number of carbonyl (C=O) groups is 2. The Balaban J connectivity index is 1.36. The first-order valence-electron chi connectivity index (χ1n) is 9.28. The fourth-order valence-electron chi connectivity index (χ4n) is 3.23. The molecule has 0 bridgehead atoms. The lowest BCUT2D eigenvalue weighted by molar-refractivity contribution is -0.122. The van der Waals surface area contributed by atoms with Gasteiger partial charge in [-0.2, -0.15) is 0 Å². The van der Waals surface area contributed by atoms with Gasteiger partial charge in [-0.05, 0) is 60.7 Å². The number of hydrogen-bond donors (Lipinski definition) is 1. The van der Waals surface area contributed by atoms with Gasteiger partial charge in [-0.3, -0.25) is 9.59 Å². The van der Waals surface area contributed by atoms with Crippen molar-refractivity contribution < 1.29 is 14.3 Å². The Labute approximate surface area is 173 Å². The van der Waals surface area contributed by atoms with Gasteiger partial charge >= 0.3 is 0 Å². The van der Waals surface area contributed by atoms with Crippen molar-refractivity contribution in [3.8, 4) is 11.5 Å². The summed E-state index contributed by atoms with van der Waals surface area (Å²) in [6.07, 6.45) is 0.207. The molecule has 0 radical (unpaired) electrons. The predicted molar refractivity (Wildman–Crippen MR) is 113 cm³/mol. The molecule has 1 saturated heterocycles. The molecule has 5 nitrogen and oxygen atoms in total. The number of hydrogen-bond acceptors (Lipinski definition) is 3. The van der Waals surface area contributed by atoms with Crippen LogP contribution in [0.1, 0.15) is 6.42 Å². The van der Waals surface area contributed by atoms with Gasteiger partial charge in [0.05, 0.1) is 5.92 Å². The number of ether oxygens (including phenoxy) is 1. The fraction of sp³-hybridized carbons (Fsp3) is 0.130. The lowest BCUT2D eigenvalue weighted by Gasteiger charge is -2.16. The van der Waals surface area contributed by atoms with Crippen molar-refractivity contribution in [3.05, 3.63) is 83.9 Å². The van der Waals surface area contributed by atoms with E-state index in [2.05, 4.69) is 5.32 Å². The van der Waals surface area contributed by atoms with Gasteiger partial charge in [-0.15, -0.1) is 0 Å². The molecule has 29 heavy (non-hydrogen) atoms. The summed E-state index contributed by atoms with van der Waals surface area (Å²) in [4.78, 5) is 26.6. The van der Waals surface area contributed by atoms with Crippen LogP contribution in [0.25, 0.3) is 0 Å². The molecule has 2 amide bonds. The fourth-order valence-corrected chi connectivity index (χ4v) is 3.36. The quantitative estimate of drug-likeness (QED) is 0.639. The number of para-hydroxylation sites is 1. The standard InChI is InChI=1S/C23H19ClN2O3/c24-17-6-10-20(11-7-17)29-21-12-8-18(9-13-21)25-23(28)16-14-22(27)26(15-16)19-4-2-1-3-5-19/h1-13,16H,14-15H2,(H,25,28)/t16-/m1/s1. The Morgan fingerprint density at radius 3 is 2.21 bits per heavy atom. The maximum Gasteiger partial charge on any atom is 0.229 e.